The Morgan fingerprint density at radius 1 is 0.935 bits per heavy atom. The molecule has 2 N–H and O–H groups in total. The van der Waals surface area contributed by atoms with E-state index >= 15 is 0 Å². The van der Waals surface area contributed by atoms with Gasteiger partial charge >= 0.3 is 0 Å². The predicted octanol–water partition coefficient (Wildman–Crippen LogP) is 5.29. The van der Waals surface area contributed by atoms with E-state index < -0.39 is 0 Å². The average molecular weight is 423 g/mol. The van der Waals surface area contributed by atoms with E-state index in [1.807, 2.05) is 6.07 Å². The fourth-order valence-corrected chi connectivity index (χ4v) is 5.49. The lowest BCUT2D eigenvalue weighted by Crippen LogP contribution is -2.40. The van der Waals surface area contributed by atoms with Crippen molar-refractivity contribution in [3.05, 3.63) is 53.1 Å². The molecule has 0 saturated heterocycles. The maximum absolute atomic E-state index is 10.2. The van der Waals surface area contributed by atoms with Gasteiger partial charge in [-0.2, -0.15) is 0 Å². The zero-order valence-electron chi connectivity index (χ0n) is 19.0. The molecular weight excluding hydrogens is 384 g/mol. The molecule has 0 amide bonds. The molecule has 1 unspecified atom stereocenters. The Labute approximate surface area is 187 Å². The number of phenolic OH excluding ortho intramolecular Hbond substituents is 2. The summed E-state index contributed by atoms with van der Waals surface area (Å²) in [5, 5.41) is 19.9. The van der Waals surface area contributed by atoms with Gasteiger partial charge in [-0.3, -0.25) is 0 Å². The Kier molecular flexibility index (Phi) is 7.39. The Morgan fingerprint density at radius 3 is 2.65 bits per heavy atom. The van der Waals surface area contributed by atoms with E-state index in [9.17, 15) is 10.2 Å². The highest BCUT2D eigenvalue weighted by Crippen LogP contribution is 2.36. The molecule has 0 spiro atoms. The second-order valence-corrected chi connectivity index (χ2v) is 9.28. The van der Waals surface area contributed by atoms with E-state index in [0.717, 1.165) is 31.4 Å². The van der Waals surface area contributed by atoms with E-state index in [-0.39, 0.29) is 11.5 Å². The van der Waals surface area contributed by atoms with Crippen molar-refractivity contribution in [2.45, 2.75) is 70.8 Å². The van der Waals surface area contributed by atoms with Crippen LogP contribution in [0, 0.1) is 0 Å². The van der Waals surface area contributed by atoms with Gasteiger partial charge in [0, 0.05) is 30.4 Å². The van der Waals surface area contributed by atoms with Gasteiger partial charge in [0.1, 0.15) is 0 Å². The van der Waals surface area contributed by atoms with Crippen molar-refractivity contribution in [2.75, 3.05) is 31.1 Å². The monoisotopic (exact) mass is 422 g/mol. The highest BCUT2D eigenvalue weighted by molar-refractivity contribution is 5.57. The number of unbranched alkanes of at least 4 members (excludes halogenated alkanes) is 3. The van der Waals surface area contributed by atoms with Crippen molar-refractivity contribution in [2.24, 2.45) is 0 Å². The summed E-state index contributed by atoms with van der Waals surface area (Å²) in [6.07, 6.45) is 10.4. The van der Waals surface area contributed by atoms with Gasteiger partial charge in [-0.15, -0.1) is 0 Å². The SMILES string of the molecule is CCCN(CCCCCCN1CCc2ccccc21)C1CCc2c(ccc(O)c2O)C1. The van der Waals surface area contributed by atoms with Gasteiger partial charge < -0.3 is 20.0 Å². The first-order valence-corrected chi connectivity index (χ1v) is 12.3. The molecular formula is C27H38N2O2. The molecule has 4 rings (SSSR count). The van der Waals surface area contributed by atoms with Crippen LogP contribution in [0.25, 0.3) is 0 Å². The fraction of sp³-hybridized carbons (Fsp3) is 0.556. The highest BCUT2D eigenvalue weighted by atomic mass is 16.3. The average Bonchev–Trinajstić information content (AvgIpc) is 3.21. The maximum atomic E-state index is 10.2. The predicted molar refractivity (Wildman–Crippen MR) is 128 cm³/mol. The summed E-state index contributed by atoms with van der Waals surface area (Å²) in [4.78, 5) is 5.23. The number of hydrogen-bond acceptors (Lipinski definition) is 4. The highest BCUT2D eigenvalue weighted by Gasteiger charge is 2.26. The molecule has 4 nitrogen and oxygen atoms in total. The topological polar surface area (TPSA) is 46.9 Å². The summed E-state index contributed by atoms with van der Waals surface area (Å²) in [5.74, 6) is 0.110. The Bertz CT molecular complexity index is 866. The van der Waals surface area contributed by atoms with Crippen LogP contribution in [0.5, 0.6) is 11.5 Å². The van der Waals surface area contributed by atoms with E-state index in [1.165, 1.54) is 75.0 Å². The molecule has 0 fully saturated rings. The molecule has 2 aliphatic rings. The third-order valence-corrected chi connectivity index (χ3v) is 7.18. The molecule has 1 aliphatic heterocycles. The van der Waals surface area contributed by atoms with Gasteiger partial charge in [-0.1, -0.05) is 44.0 Å². The first kappa shape index (κ1) is 22.0. The van der Waals surface area contributed by atoms with Crippen LogP contribution in [0.4, 0.5) is 5.69 Å². The fourth-order valence-electron chi connectivity index (χ4n) is 5.49. The number of benzene rings is 2. The summed E-state index contributed by atoms with van der Waals surface area (Å²) in [6, 6.07) is 13.0. The number of anilines is 1. The molecule has 31 heavy (non-hydrogen) atoms. The van der Waals surface area contributed by atoms with Gasteiger partial charge in [0.05, 0.1) is 0 Å². The third-order valence-electron chi connectivity index (χ3n) is 7.18. The minimum absolute atomic E-state index is 0.0139. The second kappa shape index (κ2) is 10.4. The van der Waals surface area contributed by atoms with E-state index in [1.54, 1.807) is 6.07 Å². The van der Waals surface area contributed by atoms with Crippen molar-refractivity contribution in [3.8, 4) is 11.5 Å². The number of fused-ring (bicyclic) bond motifs is 2. The van der Waals surface area contributed by atoms with Crippen molar-refractivity contribution in [1.29, 1.82) is 0 Å². The number of hydrogen-bond donors (Lipinski definition) is 2. The number of phenols is 2. The summed E-state index contributed by atoms with van der Waals surface area (Å²) in [5.41, 5.74) is 5.12. The van der Waals surface area contributed by atoms with Crippen LogP contribution in [0.3, 0.4) is 0 Å². The molecule has 0 saturated carbocycles. The number of rotatable bonds is 10. The number of aromatic hydroxyl groups is 2. The van der Waals surface area contributed by atoms with E-state index in [0.29, 0.717) is 6.04 Å². The smallest absolute Gasteiger partial charge is 0.160 e. The lowest BCUT2D eigenvalue weighted by Gasteiger charge is -2.35. The van der Waals surface area contributed by atoms with Crippen molar-refractivity contribution in [1.82, 2.24) is 4.90 Å². The van der Waals surface area contributed by atoms with Crippen LogP contribution in [-0.2, 0) is 19.3 Å². The Hall–Kier alpha value is -2.20. The standard InChI is InChI=1S/C27H38N2O2/c1-2-16-28(23-12-13-24-22(20-23)11-14-26(30)27(24)31)17-7-3-4-8-18-29-19-15-21-9-5-6-10-25(21)29/h5-6,9-11,14,23,30-31H,2-4,7-8,12-13,15-20H2,1H3. The minimum atomic E-state index is 0.0139. The largest absolute Gasteiger partial charge is 0.504 e. The summed E-state index contributed by atoms with van der Waals surface area (Å²) >= 11 is 0. The molecule has 4 heteroatoms. The van der Waals surface area contributed by atoms with Crippen molar-refractivity contribution in [3.63, 3.8) is 0 Å². The van der Waals surface area contributed by atoms with E-state index in [2.05, 4.69) is 41.0 Å². The third kappa shape index (κ3) is 5.17. The normalized spacial score (nSPS) is 17.7. The van der Waals surface area contributed by atoms with Crippen LogP contribution < -0.4 is 4.90 Å². The molecule has 0 bridgehead atoms. The van der Waals surface area contributed by atoms with Crippen LogP contribution in [0.15, 0.2) is 36.4 Å². The summed E-state index contributed by atoms with van der Waals surface area (Å²) in [6.45, 7) is 6.95. The first-order chi connectivity index (χ1) is 15.2. The van der Waals surface area contributed by atoms with Gasteiger partial charge in [-0.25, -0.2) is 0 Å². The van der Waals surface area contributed by atoms with Crippen LogP contribution >= 0.6 is 0 Å². The van der Waals surface area contributed by atoms with Crippen LogP contribution in [0.2, 0.25) is 0 Å². The number of para-hydroxylation sites is 1. The Morgan fingerprint density at radius 2 is 1.77 bits per heavy atom. The van der Waals surface area contributed by atoms with Gasteiger partial charge in [-0.05, 0) is 81.3 Å². The summed E-state index contributed by atoms with van der Waals surface area (Å²) < 4.78 is 0. The minimum Gasteiger partial charge on any atom is -0.504 e. The molecule has 0 aromatic heterocycles. The second-order valence-electron chi connectivity index (χ2n) is 9.28. The molecule has 1 heterocycles. The molecule has 168 valence electrons. The van der Waals surface area contributed by atoms with Crippen molar-refractivity contribution < 1.29 is 10.2 Å². The molecule has 0 radical (unpaired) electrons. The number of nitrogens with zero attached hydrogens (tertiary/aromatic N) is 2. The quantitative estimate of drug-likeness (QED) is 0.403. The van der Waals surface area contributed by atoms with E-state index in [4.69, 9.17) is 0 Å². The van der Waals surface area contributed by atoms with Gasteiger partial charge in [0.25, 0.3) is 0 Å². The van der Waals surface area contributed by atoms with Crippen molar-refractivity contribution >= 4 is 5.69 Å². The lowest BCUT2D eigenvalue weighted by atomic mass is 9.86. The molecule has 2 aromatic carbocycles. The van der Waals surface area contributed by atoms with Gasteiger partial charge in [0.2, 0.25) is 0 Å². The Balaban J connectivity index is 1.20. The zero-order chi connectivity index (χ0) is 21.6. The van der Waals surface area contributed by atoms with Gasteiger partial charge in [0.15, 0.2) is 11.5 Å². The summed E-state index contributed by atoms with van der Waals surface area (Å²) in [7, 11) is 0. The maximum Gasteiger partial charge on any atom is 0.160 e. The van der Waals surface area contributed by atoms with Crippen LogP contribution in [-0.4, -0.2) is 47.3 Å². The molecule has 1 aliphatic carbocycles. The zero-order valence-corrected chi connectivity index (χ0v) is 19.0. The molecule has 1 atom stereocenters. The first-order valence-electron chi connectivity index (χ1n) is 12.3. The lowest BCUT2D eigenvalue weighted by molar-refractivity contribution is 0.175. The van der Waals surface area contributed by atoms with Crippen LogP contribution in [0.1, 0.15) is 62.1 Å². The molecule has 2 aromatic rings.